The molecule has 142 valence electrons. The highest BCUT2D eigenvalue weighted by Gasteiger charge is 2.52. The predicted molar refractivity (Wildman–Crippen MR) is 102 cm³/mol. The second-order valence-electron chi connectivity index (χ2n) is 7.66. The molecule has 0 radical (unpaired) electrons. The van der Waals surface area contributed by atoms with Crippen LogP contribution in [0.1, 0.15) is 31.9 Å². The number of carbonyl (C=O) groups is 2. The Labute approximate surface area is 159 Å². The minimum Gasteiger partial charge on any atom is -0.443 e. The maximum atomic E-state index is 12.6. The van der Waals surface area contributed by atoms with Gasteiger partial charge in [-0.2, -0.15) is 0 Å². The Kier molecular flexibility index (Phi) is 5.61. The second-order valence-corrected chi connectivity index (χ2v) is 7.66. The topological polar surface area (TPSA) is 55.8 Å². The molecule has 5 heteroatoms. The van der Waals surface area contributed by atoms with Gasteiger partial charge in [0.25, 0.3) is 5.91 Å². The Hall–Kier alpha value is -2.66. The molecule has 1 fully saturated rings. The minimum absolute atomic E-state index is 0.324. The molecule has 1 aliphatic rings. The fraction of sp³-hybridized carbons (Fsp3) is 0.364. The van der Waals surface area contributed by atoms with E-state index in [-0.39, 0.29) is 11.9 Å². The summed E-state index contributed by atoms with van der Waals surface area (Å²) in [5.41, 5.74) is 1.36. The van der Waals surface area contributed by atoms with Gasteiger partial charge in [0, 0.05) is 0 Å². The molecular formula is C22H25NO4. The van der Waals surface area contributed by atoms with Gasteiger partial charge in [-0.15, -0.1) is 0 Å². The molecule has 2 atom stereocenters. The lowest BCUT2D eigenvalue weighted by atomic mass is 9.91. The first-order valence-electron chi connectivity index (χ1n) is 9.11. The zero-order valence-electron chi connectivity index (χ0n) is 15.9. The zero-order chi connectivity index (χ0) is 19.4. The van der Waals surface area contributed by atoms with Gasteiger partial charge in [0.2, 0.25) is 0 Å². The van der Waals surface area contributed by atoms with Crippen molar-refractivity contribution in [1.29, 1.82) is 0 Å². The molecule has 0 aromatic heterocycles. The molecule has 0 aliphatic carbocycles. The van der Waals surface area contributed by atoms with Crippen molar-refractivity contribution in [2.45, 2.75) is 51.5 Å². The van der Waals surface area contributed by atoms with E-state index >= 15 is 0 Å². The maximum absolute atomic E-state index is 12.6. The van der Waals surface area contributed by atoms with Crippen LogP contribution in [0.5, 0.6) is 0 Å². The highest BCUT2D eigenvalue weighted by atomic mass is 16.6. The molecule has 0 N–H and O–H groups in total. The van der Waals surface area contributed by atoms with Crippen LogP contribution < -0.4 is 0 Å². The molecule has 0 saturated carbocycles. The van der Waals surface area contributed by atoms with E-state index in [4.69, 9.17) is 9.47 Å². The van der Waals surface area contributed by atoms with Gasteiger partial charge in [-0.1, -0.05) is 60.7 Å². The molecule has 0 unspecified atom stereocenters. The molecule has 2 aromatic rings. The van der Waals surface area contributed by atoms with E-state index in [0.717, 1.165) is 11.1 Å². The normalized spacial score (nSPS) is 19.5. The third-order valence-corrected chi connectivity index (χ3v) is 4.31. The van der Waals surface area contributed by atoms with Crippen LogP contribution in [-0.4, -0.2) is 34.6 Å². The number of amides is 2. The van der Waals surface area contributed by atoms with E-state index < -0.39 is 17.8 Å². The molecule has 1 saturated heterocycles. The smallest absolute Gasteiger partial charge is 0.417 e. The zero-order valence-corrected chi connectivity index (χ0v) is 15.9. The summed E-state index contributed by atoms with van der Waals surface area (Å²) >= 11 is 0. The van der Waals surface area contributed by atoms with Gasteiger partial charge in [0.15, 0.2) is 6.10 Å². The Morgan fingerprint density at radius 2 is 1.52 bits per heavy atom. The summed E-state index contributed by atoms with van der Waals surface area (Å²) in [5.74, 6) is -0.346. The summed E-state index contributed by atoms with van der Waals surface area (Å²) in [6, 6.07) is 19.1. The summed E-state index contributed by atoms with van der Waals surface area (Å²) in [5, 5.41) is 0. The van der Waals surface area contributed by atoms with Gasteiger partial charge < -0.3 is 9.47 Å². The van der Waals surface area contributed by atoms with Gasteiger partial charge >= 0.3 is 6.09 Å². The lowest BCUT2D eigenvalue weighted by molar-refractivity contribution is -0.172. The first kappa shape index (κ1) is 19.1. The molecule has 1 aliphatic heterocycles. The van der Waals surface area contributed by atoms with Crippen LogP contribution >= 0.6 is 0 Å². The summed E-state index contributed by atoms with van der Waals surface area (Å²) in [4.78, 5) is 26.3. The number of hydrogen-bond donors (Lipinski definition) is 0. The highest BCUT2D eigenvalue weighted by molar-refractivity contribution is 6.01. The van der Waals surface area contributed by atoms with E-state index in [1.165, 1.54) is 4.90 Å². The first-order chi connectivity index (χ1) is 12.8. The SMILES string of the molecule is CC(C)(C)OC(=O)N1C(=O)[C@@H](OCc2ccccc2)[C@H]1Cc1ccccc1. The molecule has 27 heavy (non-hydrogen) atoms. The highest BCUT2D eigenvalue weighted by Crippen LogP contribution is 2.29. The quantitative estimate of drug-likeness (QED) is 0.751. The molecule has 1 heterocycles. The fourth-order valence-corrected chi connectivity index (χ4v) is 3.05. The number of ether oxygens (including phenoxy) is 2. The van der Waals surface area contributed by atoms with E-state index in [9.17, 15) is 9.59 Å². The average molecular weight is 367 g/mol. The van der Waals surface area contributed by atoms with Gasteiger partial charge in [-0.05, 0) is 38.3 Å². The Morgan fingerprint density at radius 3 is 2.07 bits per heavy atom. The molecule has 5 nitrogen and oxygen atoms in total. The van der Waals surface area contributed by atoms with Gasteiger partial charge in [-0.25, -0.2) is 9.69 Å². The summed E-state index contributed by atoms with van der Waals surface area (Å²) in [6.45, 7) is 5.67. The van der Waals surface area contributed by atoms with Crippen molar-refractivity contribution in [1.82, 2.24) is 4.90 Å². The van der Waals surface area contributed by atoms with Gasteiger partial charge in [0.1, 0.15) is 5.60 Å². The summed E-state index contributed by atoms with van der Waals surface area (Å²) < 4.78 is 11.3. The van der Waals surface area contributed by atoms with Crippen LogP contribution in [0.3, 0.4) is 0 Å². The number of imide groups is 1. The van der Waals surface area contributed by atoms with Crippen molar-refractivity contribution in [3.05, 3.63) is 71.8 Å². The van der Waals surface area contributed by atoms with Gasteiger partial charge in [-0.3, -0.25) is 4.79 Å². The third kappa shape index (κ3) is 4.74. The number of likely N-dealkylation sites (tertiary alicyclic amines) is 1. The number of carbonyl (C=O) groups excluding carboxylic acids is 2. The Bertz CT molecular complexity index is 783. The maximum Gasteiger partial charge on any atom is 0.417 e. The van der Waals surface area contributed by atoms with Crippen LogP contribution in [0.4, 0.5) is 4.79 Å². The average Bonchev–Trinajstić information content (AvgIpc) is 2.61. The van der Waals surface area contributed by atoms with E-state index in [1.807, 2.05) is 60.7 Å². The third-order valence-electron chi connectivity index (χ3n) is 4.31. The lowest BCUT2D eigenvalue weighted by Gasteiger charge is -2.45. The number of nitrogens with zero attached hydrogens (tertiary/aromatic N) is 1. The van der Waals surface area contributed by atoms with Crippen LogP contribution in [-0.2, 0) is 27.3 Å². The van der Waals surface area contributed by atoms with Crippen molar-refractivity contribution in [3.8, 4) is 0 Å². The largest absolute Gasteiger partial charge is 0.443 e. The molecule has 0 spiro atoms. The molecule has 2 aromatic carbocycles. The fourth-order valence-electron chi connectivity index (χ4n) is 3.05. The van der Waals surface area contributed by atoms with Crippen LogP contribution in [0.15, 0.2) is 60.7 Å². The minimum atomic E-state index is -0.662. The number of hydrogen-bond acceptors (Lipinski definition) is 4. The van der Waals surface area contributed by atoms with E-state index in [1.54, 1.807) is 20.8 Å². The monoisotopic (exact) mass is 367 g/mol. The molecule has 0 bridgehead atoms. The number of rotatable bonds is 5. The lowest BCUT2D eigenvalue weighted by Crippen LogP contribution is -2.68. The summed E-state index contributed by atoms with van der Waals surface area (Å²) in [7, 11) is 0. The van der Waals surface area contributed by atoms with Crippen molar-refractivity contribution >= 4 is 12.0 Å². The first-order valence-corrected chi connectivity index (χ1v) is 9.11. The number of β-lactam (4-membered cyclic amide) rings is 1. The number of benzene rings is 2. The summed E-state index contributed by atoms with van der Waals surface area (Å²) in [6.07, 6.45) is -0.739. The van der Waals surface area contributed by atoms with Crippen molar-refractivity contribution < 1.29 is 19.1 Å². The Balaban J connectivity index is 1.73. The van der Waals surface area contributed by atoms with Crippen molar-refractivity contribution in [3.63, 3.8) is 0 Å². The molecule has 2 amide bonds. The molecule has 3 rings (SSSR count). The van der Waals surface area contributed by atoms with Crippen LogP contribution in [0, 0.1) is 0 Å². The predicted octanol–water partition coefficient (Wildman–Crippen LogP) is 3.96. The van der Waals surface area contributed by atoms with E-state index in [2.05, 4.69) is 0 Å². The van der Waals surface area contributed by atoms with E-state index in [0.29, 0.717) is 13.0 Å². The van der Waals surface area contributed by atoms with Crippen molar-refractivity contribution in [2.24, 2.45) is 0 Å². The van der Waals surface area contributed by atoms with Crippen LogP contribution in [0.25, 0.3) is 0 Å². The molecular weight excluding hydrogens is 342 g/mol. The standard InChI is InChI=1S/C22H25NO4/c1-22(2,3)27-21(25)23-18(14-16-10-6-4-7-11-16)19(20(23)24)26-15-17-12-8-5-9-13-17/h4-13,18-19H,14-15H2,1-3H3/t18-,19+/m1/s1. The van der Waals surface area contributed by atoms with Crippen LogP contribution in [0.2, 0.25) is 0 Å². The second kappa shape index (κ2) is 7.92. The van der Waals surface area contributed by atoms with Gasteiger partial charge in [0.05, 0.1) is 12.6 Å². The van der Waals surface area contributed by atoms with Crippen molar-refractivity contribution in [2.75, 3.05) is 0 Å². The Morgan fingerprint density at radius 1 is 0.963 bits per heavy atom.